The maximum absolute atomic E-state index is 12.2. The first kappa shape index (κ1) is 57.4. The van der Waals surface area contributed by atoms with Gasteiger partial charge in [-0.1, -0.05) is 0 Å². The van der Waals surface area contributed by atoms with E-state index in [0.717, 1.165) is 12.0 Å². The number of nitrogens with one attached hydrogen (secondary N) is 4. The van der Waals surface area contributed by atoms with Gasteiger partial charge in [-0.2, -0.15) is 14.6 Å². The number of azo groups is 1. The van der Waals surface area contributed by atoms with E-state index < -0.39 is 53.4 Å². The molecule has 0 aromatic carbocycles. The van der Waals surface area contributed by atoms with Crippen LogP contribution in [0.4, 0.5) is 0 Å². The fourth-order valence-corrected chi connectivity index (χ4v) is 12.8. The summed E-state index contributed by atoms with van der Waals surface area (Å²) in [7, 11) is -11.6. The minimum absolute atomic E-state index is 0. The Morgan fingerprint density at radius 2 is 1.29 bits per heavy atom. The van der Waals surface area contributed by atoms with Gasteiger partial charge >= 0.3 is 75.4 Å². The average Bonchev–Trinajstić information content (AvgIpc) is 3.05. The van der Waals surface area contributed by atoms with Gasteiger partial charge in [0.2, 0.25) is 0 Å². The van der Waals surface area contributed by atoms with Crippen LogP contribution in [0.1, 0.15) is 64.2 Å². The molecule has 0 aromatic rings. The van der Waals surface area contributed by atoms with Crippen molar-refractivity contribution in [1.29, 1.82) is 0 Å². The van der Waals surface area contributed by atoms with E-state index in [0.29, 0.717) is 56.5 Å². The minimum atomic E-state index is -4.59. The van der Waals surface area contributed by atoms with Crippen LogP contribution in [0.3, 0.4) is 0 Å². The molecule has 1 aliphatic heterocycles. The van der Waals surface area contributed by atoms with Crippen molar-refractivity contribution >= 4 is 65.9 Å². The molecule has 1 heterocycles. The first-order valence-corrected chi connectivity index (χ1v) is 24.2. The number of hydrogen-bond acceptors (Lipinski definition) is 22. The number of rotatable bonds is 19. The van der Waals surface area contributed by atoms with Crippen LogP contribution in [-0.2, 0) is 44.5 Å². The van der Waals surface area contributed by atoms with Gasteiger partial charge in [-0.15, -0.1) is 23.5 Å². The SMILES string of the molecule is COC1CC(N=NC2CCC3CC(SOO[O-])CC(S(=O)(=O)[O-])C3C2)CCC1NC1NC(SCCCS(=O)(=O)[O-])NC(SCCCS(=O)(=O)[O-])N1.[Li+].[Li+].[Li+].[Li+]. The Hall–Kier alpha value is 2.45. The fourth-order valence-electron chi connectivity index (χ4n) is 7.26. The van der Waals surface area contributed by atoms with Crippen LogP contribution in [-0.4, -0.2) is 121 Å². The monoisotopic (exact) mass is 870 g/mol. The van der Waals surface area contributed by atoms with Crippen LogP contribution < -0.4 is 102 Å². The number of thioether (sulfide) groups is 2. The van der Waals surface area contributed by atoms with Crippen LogP contribution in [0.5, 0.6) is 0 Å². The van der Waals surface area contributed by atoms with E-state index in [-0.39, 0.29) is 147 Å². The molecular formula is C26H46Li4N6O13S6. The van der Waals surface area contributed by atoms with Gasteiger partial charge in [0.15, 0.2) is 0 Å². The maximum atomic E-state index is 12.2. The zero-order chi connectivity index (χ0) is 37.2. The van der Waals surface area contributed by atoms with Crippen LogP contribution in [0, 0.1) is 11.8 Å². The van der Waals surface area contributed by atoms with Crippen LogP contribution >= 0.6 is 35.6 Å². The largest absolute Gasteiger partial charge is 1.00 e. The summed E-state index contributed by atoms with van der Waals surface area (Å²) in [5.74, 6) is -0.513. The topological polar surface area (TPSA) is 295 Å². The van der Waals surface area contributed by atoms with E-state index in [9.17, 15) is 44.2 Å². The van der Waals surface area contributed by atoms with Gasteiger partial charge in [-0.25, -0.2) is 25.3 Å². The van der Waals surface area contributed by atoms with Crippen molar-refractivity contribution in [2.75, 3.05) is 30.1 Å². The Labute approximate surface area is 385 Å². The number of hydrogen-bond donors (Lipinski definition) is 4. The zero-order valence-electron chi connectivity index (χ0n) is 31.9. The van der Waals surface area contributed by atoms with E-state index in [1.165, 1.54) is 23.5 Å². The van der Waals surface area contributed by atoms with Gasteiger partial charge in [0.1, 0.15) is 17.3 Å². The van der Waals surface area contributed by atoms with Gasteiger partial charge < -0.3 is 23.7 Å². The Kier molecular flexibility index (Phi) is 28.7. The third kappa shape index (κ3) is 20.9. The third-order valence-corrected chi connectivity index (χ3v) is 15.5. The second kappa shape index (κ2) is 27.5. The molecule has 0 aromatic heterocycles. The molecule has 0 spiro atoms. The summed E-state index contributed by atoms with van der Waals surface area (Å²) in [5, 5.41) is 35.1. The van der Waals surface area contributed by atoms with Crippen LogP contribution in [0.25, 0.3) is 0 Å². The summed E-state index contributed by atoms with van der Waals surface area (Å²) in [4.78, 5) is 0. The summed E-state index contributed by atoms with van der Waals surface area (Å²) in [5.41, 5.74) is -0.685. The van der Waals surface area contributed by atoms with Crippen molar-refractivity contribution in [3.05, 3.63) is 0 Å². The molecule has 29 heteroatoms. The molecule has 4 fully saturated rings. The predicted molar refractivity (Wildman–Crippen MR) is 185 cm³/mol. The van der Waals surface area contributed by atoms with Crippen molar-refractivity contribution in [2.45, 2.75) is 116 Å². The molecule has 1 saturated heterocycles. The number of fused-ring (bicyclic) bond motifs is 1. The Morgan fingerprint density at radius 1 is 0.745 bits per heavy atom. The van der Waals surface area contributed by atoms with Crippen molar-refractivity contribution in [3.8, 4) is 0 Å². The molecule has 19 nitrogen and oxygen atoms in total. The second-order valence-corrected chi connectivity index (χ2v) is 21.2. The molecule has 4 rings (SSSR count). The molecule has 55 heavy (non-hydrogen) atoms. The molecule has 0 amide bonds. The molecule has 4 aliphatic rings. The average molecular weight is 871 g/mol. The van der Waals surface area contributed by atoms with E-state index in [1.807, 2.05) is 0 Å². The summed E-state index contributed by atoms with van der Waals surface area (Å²) < 4.78 is 113. The molecule has 4 N–H and O–H groups in total. The maximum Gasteiger partial charge on any atom is 1.00 e. The second-order valence-electron chi connectivity index (χ2n) is 13.2. The Bertz CT molecular complexity index is 1420. The molecule has 10 atom stereocenters. The summed E-state index contributed by atoms with van der Waals surface area (Å²) >= 11 is 3.54. The normalized spacial score (nSPS) is 32.9. The fraction of sp³-hybridized carbons (Fsp3) is 1.00. The first-order chi connectivity index (χ1) is 24.0. The summed E-state index contributed by atoms with van der Waals surface area (Å²) in [6.45, 7) is 0. The number of ether oxygens (including phenoxy) is 1. The van der Waals surface area contributed by atoms with Crippen LogP contribution in [0.2, 0.25) is 0 Å². The van der Waals surface area contributed by atoms with Crippen molar-refractivity contribution < 1.29 is 134 Å². The molecule has 3 saturated carbocycles. The molecule has 10 unspecified atom stereocenters. The standard InChI is InChI=1S/C26H50N6O13S6.4Li/c1-43-22-14-18(32-31-17-5-4-16-12-19(48-45-44-33)15-23(20(16)13-17)51(40,41)42)6-7-21(22)27-24-28-25(46-8-2-10-49(34,35)36)30-26(29-24)47-9-3-11-50(37,38)39;;;;/h16-30,33H,2-15H2,1H3,(H,34,35,36)(H,37,38,39)(H,40,41,42);;;;/q;4*+1/p-4. The molecule has 3 aliphatic carbocycles. The minimum Gasteiger partial charge on any atom is -0.748 e. The van der Waals surface area contributed by atoms with Gasteiger partial charge in [-0.05, 0) is 87.5 Å². The molecule has 0 radical (unpaired) electrons. The van der Waals surface area contributed by atoms with E-state index >= 15 is 0 Å². The summed E-state index contributed by atoms with van der Waals surface area (Å²) in [6, 6.07) is -0.442. The summed E-state index contributed by atoms with van der Waals surface area (Å²) in [6.07, 6.45) is 4.16. The first-order valence-electron chi connectivity index (χ1n) is 16.7. The Morgan fingerprint density at radius 3 is 1.80 bits per heavy atom. The molecule has 0 bridgehead atoms. The van der Waals surface area contributed by atoms with E-state index in [2.05, 4.69) is 40.9 Å². The van der Waals surface area contributed by atoms with Gasteiger partial charge in [0, 0.05) is 42.0 Å². The zero-order valence-corrected chi connectivity index (χ0v) is 36.8. The molecule has 298 valence electrons. The quantitative estimate of drug-likeness (QED) is 0.0178. The van der Waals surface area contributed by atoms with Crippen molar-refractivity contribution in [2.24, 2.45) is 22.1 Å². The number of nitrogens with zero attached hydrogens (tertiary/aromatic N) is 2. The predicted octanol–water partition coefficient (Wildman–Crippen LogP) is -12.3. The van der Waals surface area contributed by atoms with E-state index in [4.69, 9.17) is 4.74 Å². The van der Waals surface area contributed by atoms with Crippen molar-refractivity contribution in [3.63, 3.8) is 0 Å². The van der Waals surface area contributed by atoms with Gasteiger partial charge in [0.05, 0.1) is 53.8 Å². The smallest absolute Gasteiger partial charge is 0.748 e. The van der Waals surface area contributed by atoms with Gasteiger partial charge in [-0.3, -0.25) is 26.3 Å². The van der Waals surface area contributed by atoms with E-state index in [1.54, 1.807) is 7.11 Å². The van der Waals surface area contributed by atoms with Crippen molar-refractivity contribution in [1.82, 2.24) is 21.3 Å². The Balaban J connectivity index is 0.00000729. The number of methoxy groups -OCH3 is 1. The third-order valence-electron chi connectivity index (χ3n) is 9.56. The van der Waals surface area contributed by atoms with Gasteiger partial charge in [0.25, 0.3) is 0 Å². The molecular weight excluding hydrogens is 824 g/mol. The van der Waals surface area contributed by atoms with Crippen LogP contribution in [0.15, 0.2) is 10.2 Å².